The average Bonchev–Trinajstić information content (AvgIpc) is 2.46. The van der Waals surface area contributed by atoms with Crippen molar-refractivity contribution < 1.29 is 14.3 Å². The molecule has 0 aliphatic rings. The number of aromatic hydroxyl groups is 1. The van der Waals surface area contributed by atoms with Crippen LogP contribution in [0.4, 0.5) is 4.39 Å². The summed E-state index contributed by atoms with van der Waals surface area (Å²) in [5.41, 5.74) is 0.468. The Morgan fingerprint density at radius 3 is 2.55 bits per heavy atom. The van der Waals surface area contributed by atoms with Gasteiger partial charge < -0.3 is 10.4 Å². The van der Waals surface area contributed by atoms with Gasteiger partial charge in [0.2, 0.25) is 5.91 Å². The minimum atomic E-state index is -0.320. The molecule has 0 unspecified atom stereocenters. The van der Waals surface area contributed by atoms with Crippen LogP contribution in [0.15, 0.2) is 53.4 Å². The highest BCUT2D eigenvalue weighted by Gasteiger charge is 2.05. The maximum atomic E-state index is 13.3. The van der Waals surface area contributed by atoms with Crippen LogP contribution >= 0.6 is 11.8 Å². The van der Waals surface area contributed by atoms with Crippen LogP contribution in [-0.4, -0.2) is 16.8 Å². The van der Waals surface area contributed by atoms with Gasteiger partial charge in [0.25, 0.3) is 0 Å². The van der Waals surface area contributed by atoms with E-state index in [0.717, 1.165) is 4.90 Å². The number of benzene rings is 2. The summed E-state index contributed by atoms with van der Waals surface area (Å²) in [4.78, 5) is 12.6. The maximum absolute atomic E-state index is 13.3. The lowest BCUT2D eigenvalue weighted by molar-refractivity contribution is -0.118. The first kappa shape index (κ1) is 14.4. The second kappa shape index (κ2) is 6.96. The van der Waals surface area contributed by atoms with Gasteiger partial charge in [-0.1, -0.05) is 18.2 Å². The van der Waals surface area contributed by atoms with Crippen molar-refractivity contribution in [3.8, 4) is 5.75 Å². The van der Waals surface area contributed by atoms with E-state index in [0.29, 0.717) is 5.56 Å². The summed E-state index contributed by atoms with van der Waals surface area (Å²) < 4.78 is 13.3. The van der Waals surface area contributed by atoms with Crippen LogP contribution in [0.2, 0.25) is 0 Å². The standard InChI is InChI=1S/C15H14FNO2S/c16-14-4-2-1-3-11(14)9-17-15(19)10-20-13-7-5-12(18)6-8-13/h1-8,18H,9-10H2,(H,17,19). The smallest absolute Gasteiger partial charge is 0.230 e. The molecule has 0 atom stereocenters. The third kappa shape index (κ3) is 4.28. The molecule has 2 N–H and O–H groups in total. The molecule has 0 heterocycles. The Kier molecular flexibility index (Phi) is 5.01. The van der Waals surface area contributed by atoms with Crippen molar-refractivity contribution >= 4 is 17.7 Å². The lowest BCUT2D eigenvalue weighted by atomic mass is 10.2. The number of nitrogens with one attached hydrogen (secondary N) is 1. The summed E-state index contributed by atoms with van der Waals surface area (Å²) >= 11 is 1.36. The normalized spacial score (nSPS) is 10.2. The van der Waals surface area contributed by atoms with E-state index in [9.17, 15) is 9.18 Å². The molecule has 0 aromatic heterocycles. The van der Waals surface area contributed by atoms with Crippen LogP contribution in [0.1, 0.15) is 5.56 Å². The Hall–Kier alpha value is -2.01. The molecule has 0 aliphatic carbocycles. The first-order chi connectivity index (χ1) is 9.65. The number of carbonyl (C=O) groups excluding carboxylic acids is 1. The van der Waals surface area contributed by atoms with Crippen molar-refractivity contribution in [3.05, 3.63) is 59.9 Å². The number of amides is 1. The van der Waals surface area contributed by atoms with Gasteiger partial charge in [-0.05, 0) is 30.3 Å². The van der Waals surface area contributed by atoms with Crippen LogP contribution in [0.3, 0.4) is 0 Å². The third-order valence-electron chi connectivity index (χ3n) is 2.64. The summed E-state index contributed by atoms with van der Waals surface area (Å²) in [6.07, 6.45) is 0. The Labute approximate surface area is 120 Å². The van der Waals surface area contributed by atoms with Crippen molar-refractivity contribution in [2.45, 2.75) is 11.4 Å². The first-order valence-electron chi connectivity index (χ1n) is 6.07. The van der Waals surface area contributed by atoms with Crippen LogP contribution in [0.25, 0.3) is 0 Å². The van der Waals surface area contributed by atoms with Gasteiger partial charge in [0.15, 0.2) is 0 Å². The SMILES string of the molecule is O=C(CSc1ccc(O)cc1)NCc1ccccc1F. The predicted octanol–water partition coefficient (Wildman–Crippen LogP) is 2.94. The molecule has 0 radical (unpaired) electrons. The predicted molar refractivity (Wildman–Crippen MR) is 77.1 cm³/mol. The number of rotatable bonds is 5. The number of hydrogen-bond acceptors (Lipinski definition) is 3. The fourth-order valence-electron chi connectivity index (χ4n) is 1.58. The number of phenolic OH excluding ortho intramolecular Hbond substituents is 1. The molecule has 0 fully saturated rings. The summed E-state index contributed by atoms with van der Waals surface area (Å²) in [6.45, 7) is 0.182. The van der Waals surface area contributed by atoms with E-state index in [-0.39, 0.29) is 29.8 Å². The molecule has 0 aliphatic heterocycles. The van der Waals surface area contributed by atoms with Crippen molar-refractivity contribution in [1.29, 1.82) is 0 Å². The van der Waals surface area contributed by atoms with E-state index in [1.54, 1.807) is 42.5 Å². The Morgan fingerprint density at radius 2 is 1.85 bits per heavy atom. The Morgan fingerprint density at radius 1 is 1.15 bits per heavy atom. The monoisotopic (exact) mass is 291 g/mol. The molecule has 104 valence electrons. The second-order valence-corrected chi connectivity index (χ2v) is 5.20. The summed E-state index contributed by atoms with van der Waals surface area (Å²) in [6, 6.07) is 13.0. The molecule has 0 spiro atoms. The number of thioether (sulfide) groups is 1. The van der Waals surface area contributed by atoms with E-state index in [4.69, 9.17) is 5.11 Å². The Bertz CT molecular complexity index is 587. The van der Waals surface area contributed by atoms with E-state index in [1.807, 2.05) is 0 Å². The molecule has 0 saturated carbocycles. The average molecular weight is 291 g/mol. The maximum Gasteiger partial charge on any atom is 0.230 e. The minimum absolute atomic E-state index is 0.161. The van der Waals surface area contributed by atoms with E-state index in [1.165, 1.54) is 17.8 Å². The van der Waals surface area contributed by atoms with Gasteiger partial charge in [0, 0.05) is 17.0 Å². The molecule has 1 amide bonds. The van der Waals surface area contributed by atoms with Crippen LogP contribution in [-0.2, 0) is 11.3 Å². The highest BCUT2D eigenvalue weighted by Crippen LogP contribution is 2.20. The highest BCUT2D eigenvalue weighted by atomic mass is 32.2. The number of hydrogen-bond donors (Lipinski definition) is 2. The number of carbonyl (C=O) groups is 1. The van der Waals surface area contributed by atoms with Gasteiger partial charge in [-0.2, -0.15) is 0 Å². The van der Waals surface area contributed by atoms with Crippen LogP contribution < -0.4 is 5.32 Å². The van der Waals surface area contributed by atoms with Crippen molar-refractivity contribution in [3.63, 3.8) is 0 Å². The third-order valence-corrected chi connectivity index (χ3v) is 3.65. The van der Waals surface area contributed by atoms with Gasteiger partial charge in [0.1, 0.15) is 11.6 Å². The zero-order valence-corrected chi connectivity index (χ0v) is 11.5. The molecular formula is C15H14FNO2S. The van der Waals surface area contributed by atoms with Crippen LogP contribution in [0, 0.1) is 5.82 Å². The van der Waals surface area contributed by atoms with Gasteiger partial charge in [-0.15, -0.1) is 11.8 Å². The zero-order chi connectivity index (χ0) is 14.4. The van der Waals surface area contributed by atoms with E-state index >= 15 is 0 Å². The fourth-order valence-corrected chi connectivity index (χ4v) is 2.31. The van der Waals surface area contributed by atoms with Gasteiger partial charge in [-0.3, -0.25) is 4.79 Å². The molecule has 0 saturated heterocycles. The summed E-state index contributed by atoms with van der Waals surface area (Å²) in [5, 5.41) is 11.8. The van der Waals surface area contributed by atoms with Crippen molar-refractivity contribution in [2.24, 2.45) is 0 Å². The molecular weight excluding hydrogens is 277 g/mol. The zero-order valence-electron chi connectivity index (χ0n) is 10.7. The van der Waals surface area contributed by atoms with Gasteiger partial charge >= 0.3 is 0 Å². The lowest BCUT2D eigenvalue weighted by Crippen LogP contribution is -2.24. The first-order valence-corrected chi connectivity index (χ1v) is 7.05. The van der Waals surface area contributed by atoms with Crippen LogP contribution in [0.5, 0.6) is 5.75 Å². The molecule has 20 heavy (non-hydrogen) atoms. The Balaban J connectivity index is 1.78. The lowest BCUT2D eigenvalue weighted by Gasteiger charge is -2.06. The molecule has 2 rings (SSSR count). The van der Waals surface area contributed by atoms with E-state index in [2.05, 4.69) is 5.32 Å². The molecule has 2 aromatic carbocycles. The van der Waals surface area contributed by atoms with E-state index < -0.39 is 0 Å². The number of phenols is 1. The van der Waals surface area contributed by atoms with Gasteiger partial charge in [0.05, 0.1) is 5.75 Å². The summed E-state index contributed by atoms with van der Waals surface area (Å²) in [7, 11) is 0. The minimum Gasteiger partial charge on any atom is -0.508 e. The number of halogens is 1. The second-order valence-electron chi connectivity index (χ2n) is 4.15. The quantitative estimate of drug-likeness (QED) is 0.833. The summed E-state index contributed by atoms with van der Waals surface area (Å²) in [5.74, 6) is -0.0390. The topological polar surface area (TPSA) is 49.3 Å². The molecule has 0 bridgehead atoms. The van der Waals surface area contributed by atoms with Crippen molar-refractivity contribution in [2.75, 3.05) is 5.75 Å². The largest absolute Gasteiger partial charge is 0.508 e. The van der Waals surface area contributed by atoms with Gasteiger partial charge in [-0.25, -0.2) is 4.39 Å². The molecule has 5 heteroatoms. The molecule has 2 aromatic rings. The van der Waals surface area contributed by atoms with Crippen molar-refractivity contribution in [1.82, 2.24) is 5.32 Å². The molecule has 3 nitrogen and oxygen atoms in total. The fraction of sp³-hybridized carbons (Fsp3) is 0.133. The highest BCUT2D eigenvalue weighted by molar-refractivity contribution is 8.00.